The lowest BCUT2D eigenvalue weighted by Crippen LogP contribution is -1.95. The van der Waals surface area contributed by atoms with E-state index in [1.807, 2.05) is 0 Å². The number of halogens is 1. The molecule has 0 unspecified atom stereocenters. The summed E-state index contributed by atoms with van der Waals surface area (Å²) in [7, 11) is 0. The average molecular weight is 293 g/mol. The zero-order valence-corrected chi connectivity index (χ0v) is 10.3. The Kier molecular flexibility index (Phi) is 3.66. The van der Waals surface area contributed by atoms with Gasteiger partial charge in [-0.15, -0.1) is 0 Å². The van der Waals surface area contributed by atoms with E-state index in [9.17, 15) is 0 Å². The van der Waals surface area contributed by atoms with Crippen LogP contribution in [0, 0.1) is 0 Å². The van der Waals surface area contributed by atoms with Gasteiger partial charge in [-0.05, 0) is 45.8 Å². The van der Waals surface area contributed by atoms with Crippen LogP contribution in [-0.2, 0) is 0 Å². The summed E-state index contributed by atoms with van der Waals surface area (Å²) >= 11 is 3.24. The fourth-order valence-electron chi connectivity index (χ4n) is 1.09. The molecule has 0 spiro atoms. The number of nitrogens with one attached hydrogen (secondary N) is 1. The lowest BCUT2D eigenvalue weighted by molar-refractivity contribution is 0.475. The standard InChI is InChI=1S/C11H9BrN4O/c12-9-6-13-11(14-7-9)16-15-5-8-1-3-10(17)4-2-8/h1-7,17H,(H,13,14,16)/b15-5+. The van der Waals surface area contributed by atoms with E-state index in [0.717, 1.165) is 10.0 Å². The molecule has 2 N–H and O–H groups in total. The number of benzene rings is 1. The molecule has 0 aliphatic carbocycles. The molecule has 1 aromatic carbocycles. The number of hydrogen-bond donors (Lipinski definition) is 2. The summed E-state index contributed by atoms with van der Waals surface area (Å²) < 4.78 is 0.811. The third-order valence-electron chi connectivity index (χ3n) is 1.89. The molecule has 0 bridgehead atoms. The number of phenolic OH excluding ortho intramolecular Hbond substituents is 1. The number of hydrazone groups is 1. The van der Waals surface area contributed by atoms with Crippen LogP contribution in [0.15, 0.2) is 46.2 Å². The van der Waals surface area contributed by atoms with E-state index in [4.69, 9.17) is 5.11 Å². The van der Waals surface area contributed by atoms with Crippen LogP contribution >= 0.6 is 15.9 Å². The Morgan fingerprint density at radius 2 is 1.82 bits per heavy atom. The normalized spacial score (nSPS) is 10.6. The van der Waals surface area contributed by atoms with Gasteiger partial charge in [0, 0.05) is 12.4 Å². The number of phenols is 1. The second kappa shape index (κ2) is 5.40. The second-order valence-electron chi connectivity index (χ2n) is 3.19. The largest absolute Gasteiger partial charge is 0.508 e. The highest BCUT2D eigenvalue weighted by Crippen LogP contribution is 2.08. The van der Waals surface area contributed by atoms with E-state index in [1.54, 1.807) is 42.9 Å². The number of rotatable bonds is 3. The van der Waals surface area contributed by atoms with Crippen LogP contribution < -0.4 is 5.43 Å². The van der Waals surface area contributed by atoms with Gasteiger partial charge in [-0.1, -0.05) is 0 Å². The topological polar surface area (TPSA) is 70.4 Å². The molecule has 0 saturated heterocycles. The molecule has 0 atom stereocenters. The number of aromatic hydroxyl groups is 1. The summed E-state index contributed by atoms with van der Waals surface area (Å²) in [5, 5.41) is 13.1. The number of hydrogen-bond acceptors (Lipinski definition) is 5. The van der Waals surface area contributed by atoms with E-state index in [1.165, 1.54) is 0 Å². The van der Waals surface area contributed by atoms with Gasteiger partial charge in [-0.2, -0.15) is 5.10 Å². The Morgan fingerprint density at radius 1 is 1.18 bits per heavy atom. The SMILES string of the molecule is Oc1ccc(/C=N/Nc2ncc(Br)cn2)cc1. The van der Waals surface area contributed by atoms with Crippen LogP contribution in [0.25, 0.3) is 0 Å². The zero-order chi connectivity index (χ0) is 12.1. The molecule has 1 aromatic heterocycles. The minimum atomic E-state index is 0.228. The fourth-order valence-corrected chi connectivity index (χ4v) is 1.30. The van der Waals surface area contributed by atoms with Crippen molar-refractivity contribution in [2.24, 2.45) is 5.10 Å². The highest BCUT2D eigenvalue weighted by Gasteiger charge is 1.92. The predicted molar refractivity (Wildman–Crippen MR) is 69.1 cm³/mol. The van der Waals surface area contributed by atoms with Gasteiger partial charge in [0.05, 0.1) is 10.7 Å². The highest BCUT2D eigenvalue weighted by molar-refractivity contribution is 9.10. The third kappa shape index (κ3) is 3.53. The van der Waals surface area contributed by atoms with Crippen LogP contribution in [-0.4, -0.2) is 21.3 Å². The van der Waals surface area contributed by atoms with Gasteiger partial charge < -0.3 is 5.11 Å². The molecule has 0 aliphatic heterocycles. The van der Waals surface area contributed by atoms with Crippen molar-refractivity contribution in [2.45, 2.75) is 0 Å². The number of nitrogens with zero attached hydrogens (tertiary/aromatic N) is 3. The van der Waals surface area contributed by atoms with Crippen LogP contribution in [0.2, 0.25) is 0 Å². The molecule has 6 heteroatoms. The minimum absolute atomic E-state index is 0.228. The maximum Gasteiger partial charge on any atom is 0.243 e. The van der Waals surface area contributed by atoms with Crippen molar-refractivity contribution in [3.63, 3.8) is 0 Å². The first-order valence-corrected chi connectivity index (χ1v) is 5.59. The molecule has 0 aliphatic rings. The maximum atomic E-state index is 9.10. The van der Waals surface area contributed by atoms with Crippen molar-refractivity contribution < 1.29 is 5.11 Å². The van der Waals surface area contributed by atoms with Gasteiger partial charge in [-0.25, -0.2) is 15.4 Å². The Morgan fingerprint density at radius 3 is 2.47 bits per heavy atom. The highest BCUT2D eigenvalue weighted by atomic mass is 79.9. The van der Waals surface area contributed by atoms with Crippen molar-refractivity contribution >= 4 is 28.1 Å². The van der Waals surface area contributed by atoms with Crippen LogP contribution in [0.1, 0.15) is 5.56 Å². The molecular weight excluding hydrogens is 284 g/mol. The molecule has 5 nitrogen and oxygen atoms in total. The molecule has 1 heterocycles. The monoisotopic (exact) mass is 292 g/mol. The van der Waals surface area contributed by atoms with Crippen molar-refractivity contribution in [1.82, 2.24) is 9.97 Å². The minimum Gasteiger partial charge on any atom is -0.508 e. The molecule has 0 fully saturated rings. The van der Waals surface area contributed by atoms with Gasteiger partial charge in [-0.3, -0.25) is 0 Å². The van der Waals surface area contributed by atoms with Gasteiger partial charge in [0.1, 0.15) is 5.75 Å². The molecule has 17 heavy (non-hydrogen) atoms. The molecule has 0 radical (unpaired) electrons. The number of aromatic nitrogens is 2. The summed E-state index contributed by atoms with van der Waals surface area (Å²) in [6.07, 6.45) is 4.88. The molecule has 86 valence electrons. The quantitative estimate of drug-likeness (QED) is 0.673. The lowest BCUT2D eigenvalue weighted by Gasteiger charge is -1.97. The van der Waals surface area contributed by atoms with E-state index < -0.39 is 0 Å². The first kappa shape index (κ1) is 11.5. The second-order valence-corrected chi connectivity index (χ2v) is 4.10. The lowest BCUT2D eigenvalue weighted by atomic mass is 10.2. The van der Waals surface area contributed by atoms with Crippen molar-refractivity contribution in [2.75, 3.05) is 5.43 Å². The van der Waals surface area contributed by atoms with Crippen molar-refractivity contribution in [1.29, 1.82) is 0 Å². The van der Waals surface area contributed by atoms with E-state index in [-0.39, 0.29) is 5.75 Å². The van der Waals surface area contributed by atoms with E-state index in [2.05, 4.69) is 36.4 Å². The first-order chi connectivity index (χ1) is 8.24. The Bertz CT molecular complexity index is 510. The number of anilines is 1. The molecular formula is C11H9BrN4O. The summed E-state index contributed by atoms with van der Waals surface area (Å²) in [4.78, 5) is 8.00. The first-order valence-electron chi connectivity index (χ1n) is 4.80. The Balaban J connectivity index is 1.97. The summed E-state index contributed by atoms with van der Waals surface area (Å²) in [5.41, 5.74) is 3.57. The Labute approximate surface area is 106 Å². The fraction of sp³-hybridized carbons (Fsp3) is 0. The van der Waals surface area contributed by atoms with Gasteiger partial charge in [0.2, 0.25) is 5.95 Å². The molecule has 2 rings (SSSR count). The third-order valence-corrected chi connectivity index (χ3v) is 2.30. The van der Waals surface area contributed by atoms with Crippen LogP contribution in [0.4, 0.5) is 5.95 Å². The summed E-state index contributed by atoms with van der Waals surface area (Å²) in [6, 6.07) is 6.70. The molecule has 2 aromatic rings. The van der Waals surface area contributed by atoms with Gasteiger partial charge in [0.25, 0.3) is 0 Å². The van der Waals surface area contributed by atoms with Crippen molar-refractivity contribution in [3.8, 4) is 5.75 Å². The molecule has 0 amide bonds. The van der Waals surface area contributed by atoms with E-state index >= 15 is 0 Å². The Hall–Kier alpha value is -1.95. The zero-order valence-electron chi connectivity index (χ0n) is 8.71. The predicted octanol–water partition coefficient (Wildman–Crippen LogP) is 2.39. The van der Waals surface area contributed by atoms with Gasteiger partial charge >= 0.3 is 0 Å². The summed E-state index contributed by atoms with van der Waals surface area (Å²) in [5.74, 6) is 0.648. The smallest absolute Gasteiger partial charge is 0.243 e. The van der Waals surface area contributed by atoms with E-state index in [0.29, 0.717) is 5.95 Å². The average Bonchev–Trinajstić information content (AvgIpc) is 2.34. The summed E-state index contributed by atoms with van der Waals surface area (Å²) in [6.45, 7) is 0. The maximum absolute atomic E-state index is 9.10. The van der Waals surface area contributed by atoms with Crippen LogP contribution in [0.5, 0.6) is 5.75 Å². The van der Waals surface area contributed by atoms with Crippen LogP contribution in [0.3, 0.4) is 0 Å². The van der Waals surface area contributed by atoms with Gasteiger partial charge in [0.15, 0.2) is 0 Å². The molecule has 0 saturated carbocycles. The van der Waals surface area contributed by atoms with Crippen molar-refractivity contribution in [3.05, 3.63) is 46.7 Å².